The minimum absolute atomic E-state index is 0.328. The van der Waals surface area contributed by atoms with Crippen molar-refractivity contribution in [3.05, 3.63) is 88.7 Å². The molecule has 1 N–H and O–H groups in total. The minimum Gasteiger partial charge on any atom is -0.267 e. The van der Waals surface area contributed by atoms with Crippen molar-refractivity contribution in [3.63, 3.8) is 0 Å². The third-order valence-electron chi connectivity index (χ3n) is 3.42. The van der Waals surface area contributed by atoms with Crippen molar-refractivity contribution < 1.29 is 4.79 Å². The molecule has 1 heterocycles. The van der Waals surface area contributed by atoms with E-state index in [0.29, 0.717) is 22.8 Å². The van der Waals surface area contributed by atoms with E-state index in [4.69, 9.17) is 11.6 Å². The highest BCUT2D eigenvalue weighted by molar-refractivity contribution is 6.30. The summed E-state index contributed by atoms with van der Waals surface area (Å²) in [5.74, 6) is -0.328. The molecule has 130 valence electrons. The van der Waals surface area contributed by atoms with Gasteiger partial charge in [0.2, 0.25) is 0 Å². The highest BCUT2D eigenvalue weighted by atomic mass is 35.5. The van der Waals surface area contributed by atoms with Gasteiger partial charge in [0.05, 0.1) is 12.7 Å². The number of allylic oxidation sites excluding steroid dienone is 1. The van der Waals surface area contributed by atoms with E-state index in [0.717, 1.165) is 5.56 Å². The Morgan fingerprint density at radius 2 is 2.04 bits per heavy atom. The van der Waals surface area contributed by atoms with Crippen molar-refractivity contribution in [2.45, 2.75) is 6.54 Å². The number of hydrazone groups is 1. The Morgan fingerprint density at radius 3 is 2.85 bits per heavy atom. The first-order valence-electron chi connectivity index (χ1n) is 7.90. The van der Waals surface area contributed by atoms with Gasteiger partial charge < -0.3 is 0 Å². The van der Waals surface area contributed by atoms with Gasteiger partial charge in [0.25, 0.3) is 5.91 Å². The summed E-state index contributed by atoms with van der Waals surface area (Å²) in [7, 11) is 0. The number of hydrogen-bond donors (Lipinski definition) is 1. The van der Waals surface area contributed by atoms with E-state index in [-0.39, 0.29) is 5.91 Å². The molecule has 0 radical (unpaired) electrons. The van der Waals surface area contributed by atoms with E-state index in [1.807, 2.05) is 36.5 Å². The smallest absolute Gasteiger partial charge is 0.267 e. The van der Waals surface area contributed by atoms with Crippen molar-refractivity contribution in [2.75, 3.05) is 0 Å². The Labute approximate surface area is 155 Å². The highest BCUT2D eigenvalue weighted by Gasteiger charge is 2.03. The molecule has 26 heavy (non-hydrogen) atoms. The molecular formula is C19H16ClN5O. The number of benzene rings is 2. The van der Waals surface area contributed by atoms with Crippen molar-refractivity contribution in [1.29, 1.82) is 0 Å². The molecule has 2 aromatic carbocycles. The highest BCUT2D eigenvalue weighted by Crippen LogP contribution is 2.10. The molecule has 0 unspecified atom stereocenters. The fraction of sp³-hybridized carbons (Fsp3) is 0.0526. The van der Waals surface area contributed by atoms with Crippen LogP contribution < -0.4 is 5.43 Å². The standard InChI is InChI=1S/C19H16ClN5O/c20-17-9-4-8-16(12-17)19(26)23-21-11-5-10-18-14-25(24-22-18)13-15-6-2-1-3-7-15/h1-12,14H,13H2,(H,23,26)/b10-5+,21-11-. The zero-order valence-electron chi connectivity index (χ0n) is 13.8. The second-order valence-electron chi connectivity index (χ2n) is 5.42. The van der Waals surface area contributed by atoms with Gasteiger partial charge in [-0.15, -0.1) is 5.10 Å². The topological polar surface area (TPSA) is 72.2 Å². The number of nitrogens with one attached hydrogen (secondary N) is 1. The van der Waals surface area contributed by atoms with Gasteiger partial charge in [0, 0.05) is 16.8 Å². The molecule has 0 aliphatic rings. The second-order valence-corrected chi connectivity index (χ2v) is 5.85. The summed E-state index contributed by atoms with van der Waals surface area (Å²) in [6, 6.07) is 16.7. The maximum absolute atomic E-state index is 11.9. The summed E-state index contributed by atoms with van der Waals surface area (Å²) in [6.45, 7) is 0.658. The van der Waals surface area contributed by atoms with Crippen LogP contribution in [-0.4, -0.2) is 27.1 Å². The molecule has 3 rings (SSSR count). The first kappa shape index (κ1) is 17.6. The molecular weight excluding hydrogens is 350 g/mol. The zero-order chi connectivity index (χ0) is 18.2. The summed E-state index contributed by atoms with van der Waals surface area (Å²) in [5.41, 5.74) is 4.73. The monoisotopic (exact) mass is 365 g/mol. The molecule has 0 aliphatic heterocycles. The van der Waals surface area contributed by atoms with Crippen LogP contribution in [0.4, 0.5) is 0 Å². The van der Waals surface area contributed by atoms with Gasteiger partial charge in [-0.3, -0.25) is 4.79 Å². The van der Waals surface area contributed by atoms with E-state index in [1.54, 1.807) is 41.1 Å². The fourth-order valence-electron chi connectivity index (χ4n) is 2.21. The van der Waals surface area contributed by atoms with E-state index in [9.17, 15) is 4.79 Å². The van der Waals surface area contributed by atoms with E-state index < -0.39 is 0 Å². The van der Waals surface area contributed by atoms with Gasteiger partial charge in [-0.1, -0.05) is 53.2 Å². The third kappa shape index (κ3) is 5.12. The summed E-state index contributed by atoms with van der Waals surface area (Å²) < 4.78 is 1.76. The molecule has 1 amide bonds. The van der Waals surface area contributed by atoms with Crippen LogP contribution in [-0.2, 0) is 6.54 Å². The Kier molecular flexibility index (Phi) is 5.90. The number of hydrogen-bond acceptors (Lipinski definition) is 4. The maximum atomic E-state index is 11.9. The third-order valence-corrected chi connectivity index (χ3v) is 3.66. The number of aromatic nitrogens is 3. The van der Waals surface area contributed by atoms with Gasteiger partial charge in [0.15, 0.2) is 0 Å². The predicted molar refractivity (Wildman–Crippen MR) is 102 cm³/mol. The largest absolute Gasteiger partial charge is 0.271 e. The summed E-state index contributed by atoms with van der Waals surface area (Å²) in [6.07, 6.45) is 6.74. The summed E-state index contributed by atoms with van der Waals surface area (Å²) in [4.78, 5) is 11.9. The van der Waals surface area contributed by atoms with Crippen LogP contribution in [0.1, 0.15) is 21.6 Å². The zero-order valence-corrected chi connectivity index (χ0v) is 14.5. The number of amides is 1. The SMILES string of the molecule is O=C(N/N=C\C=C\c1cn(Cc2ccccc2)nn1)c1cccc(Cl)c1. The van der Waals surface area contributed by atoms with Crippen molar-refractivity contribution in [1.82, 2.24) is 20.4 Å². The minimum atomic E-state index is -0.328. The predicted octanol–water partition coefficient (Wildman–Crippen LogP) is 3.41. The molecule has 0 spiro atoms. The van der Waals surface area contributed by atoms with Crippen LogP contribution in [0.5, 0.6) is 0 Å². The lowest BCUT2D eigenvalue weighted by Crippen LogP contribution is -2.17. The number of rotatable bonds is 6. The normalized spacial score (nSPS) is 11.3. The number of carbonyl (C=O) groups excluding carboxylic acids is 1. The molecule has 1 aromatic heterocycles. The van der Waals surface area contributed by atoms with Gasteiger partial charge in [0.1, 0.15) is 5.69 Å². The van der Waals surface area contributed by atoms with E-state index in [2.05, 4.69) is 20.8 Å². The Hall–Kier alpha value is -3.25. The first-order valence-corrected chi connectivity index (χ1v) is 8.28. The summed E-state index contributed by atoms with van der Waals surface area (Å²) in [5, 5.41) is 12.5. The van der Waals surface area contributed by atoms with Crippen molar-refractivity contribution in [3.8, 4) is 0 Å². The van der Waals surface area contributed by atoms with Crippen LogP contribution >= 0.6 is 11.6 Å². The Morgan fingerprint density at radius 1 is 1.19 bits per heavy atom. The Balaban J connectivity index is 1.51. The first-order chi connectivity index (χ1) is 12.7. The van der Waals surface area contributed by atoms with Crippen LogP contribution in [0, 0.1) is 0 Å². The molecule has 3 aromatic rings. The molecule has 0 saturated carbocycles. The van der Waals surface area contributed by atoms with E-state index >= 15 is 0 Å². The van der Waals surface area contributed by atoms with Crippen LogP contribution in [0.2, 0.25) is 5.02 Å². The van der Waals surface area contributed by atoms with E-state index in [1.165, 1.54) is 6.21 Å². The fourth-order valence-corrected chi connectivity index (χ4v) is 2.40. The van der Waals surface area contributed by atoms with Gasteiger partial charge in [-0.05, 0) is 35.9 Å². The van der Waals surface area contributed by atoms with Crippen LogP contribution in [0.15, 0.2) is 72.0 Å². The maximum Gasteiger partial charge on any atom is 0.271 e. The lowest BCUT2D eigenvalue weighted by atomic mass is 10.2. The quantitative estimate of drug-likeness (QED) is 0.537. The van der Waals surface area contributed by atoms with Gasteiger partial charge >= 0.3 is 0 Å². The number of halogens is 1. The average Bonchev–Trinajstić information content (AvgIpc) is 3.09. The number of nitrogens with zero attached hydrogens (tertiary/aromatic N) is 4. The molecule has 0 aliphatic carbocycles. The molecule has 7 heteroatoms. The average molecular weight is 366 g/mol. The molecule has 6 nitrogen and oxygen atoms in total. The number of carbonyl (C=O) groups is 1. The van der Waals surface area contributed by atoms with Gasteiger partial charge in [-0.25, -0.2) is 10.1 Å². The molecule has 0 bridgehead atoms. The second kappa shape index (κ2) is 8.73. The van der Waals surface area contributed by atoms with Crippen molar-refractivity contribution >= 4 is 29.8 Å². The van der Waals surface area contributed by atoms with Crippen molar-refractivity contribution in [2.24, 2.45) is 5.10 Å². The molecule has 0 saturated heterocycles. The summed E-state index contributed by atoms with van der Waals surface area (Å²) >= 11 is 5.85. The lowest BCUT2D eigenvalue weighted by Gasteiger charge is -1.99. The lowest BCUT2D eigenvalue weighted by molar-refractivity contribution is 0.0955. The molecule has 0 atom stereocenters. The Bertz CT molecular complexity index is 934. The van der Waals surface area contributed by atoms with Gasteiger partial charge in [-0.2, -0.15) is 5.10 Å². The molecule has 0 fully saturated rings. The van der Waals surface area contributed by atoms with Crippen LogP contribution in [0.25, 0.3) is 6.08 Å². The van der Waals surface area contributed by atoms with Crippen LogP contribution in [0.3, 0.4) is 0 Å².